The van der Waals surface area contributed by atoms with Crippen molar-refractivity contribution in [1.82, 2.24) is 28.9 Å². The number of piperazine rings is 1. The van der Waals surface area contributed by atoms with Crippen molar-refractivity contribution in [3.05, 3.63) is 34.9 Å². The molecule has 1 atom stereocenters. The maximum Gasteiger partial charge on any atom is 0.350 e. The van der Waals surface area contributed by atoms with Gasteiger partial charge in [-0.1, -0.05) is 6.07 Å². The first kappa shape index (κ1) is 18.1. The van der Waals surface area contributed by atoms with Crippen LogP contribution in [0, 0.1) is 0 Å². The molecule has 1 saturated heterocycles. The van der Waals surface area contributed by atoms with Crippen LogP contribution in [0.2, 0.25) is 0 Å². The molecular weight excluding hydrogens is 320 g/mol. The smallest absolute Gasteiger partial charge is 0.350 e. The zero-order chi connectivity index (χ0) is 17.8. The summed E-state index contributed by atoms with van der Waals surface area (Å²) in [6.07, 6.45) is 1.34. The first-order valence-electron chi connectivity index (χ1n) is 8.84. The summed E-state index contributed by atoms with van der Waals surface area (Å²) in [6, 6.07) is 5.51. The van der Waals surface area contributed by atoms with E-state index >= 15 is 0 Å². The van der Waals surface area contributed by atoms with E-state index in [2.05, 4.69) is 26.8 Å². The predicted octanol–water partition coefficient (Wildman–Crippen LogP) is -0.964. The molecule has 0 spiro atoms. The molecule has 1 aliphatic rings. The van der Waals surface area contributed by atoms with Gasteiger partial charge in [0.2, 0.25) is 0 Å². The van der Waals surface area contributed by atoms with E-state index in [1.165, 1.54) is 4.68 Å². The van der Waals surface area contributed by atoms with Crippen LogP contribution in [0.4, 0.5) is 0 Å². The molecule has 0 aromatic carbocycles. The predicted molar refractivity (Wildman–Crippen MR) is 96.9 cm³/mol. The third kappa shape index (κ3) is 4.66. The van der Waals surface area contributed by atoms with Crippen molar-refractivity contribution < 1.29 is 5.11 Å². The third-order valence-electron chi connectivity index (χ3n) is 4.77. The van der Waals surface area contributed by atoms with Gasteiger partial charge < -0.3 is 14.9 Å². The Kier molecular flexibility index (Phi) is 5.85. The van der Waals surface area contributed by atoms with Crippen LogP contribution < -0.4 is 5.69 Å². The summed E-state index contributed by atoms with van der Waals surface area (Å²) in [5.41, 5.74) is 0.534. The normalized spacial score (nSPS) is 18.2. The lowest BCUT2D eigenvalue weighted by atomic mass is 10.2. The van der Waals surface area contributed by atoms with Gasteiger partial charge in [-0.3, -0.25) is 9.30 Å². The van der Waals surface area contributed by atoms with Crippen molar-refractivity contribution in [3.8, 4) is 0 Å². The summed E-state index contributed by atoms with van der Waals surface area (Å²) >= 11 is 0. The molecule has 0 radical (unpaired) electrons. The zero-order valence-electron chi connectivity index (χ0n) is 15.1. The molecule has 8 heteroatoms. The Morgan fingerprint density at radius 3 is 2.76 bits per heavy atom. The summed E-state index contributed by atoms with van der Waals surface area (Å²) in [4.78, 5) is 18.9. The second kappa shape index (κ2) is 8.09. The Balaban J connectivity index is 1.46. The quantitative estimate of drug-likeness (QED) is 0.695. The van der Waals surface area contributed by atoms with Crippen LogP contribution in [-0.2, 0) is 6.54 Å². The molecule has 3 rings (SSSR count). The Morgan fingerprint density at radius 2 is 2.04 bits per heavy atom. The highest BCUT2D eigenvalue weighted by Gasteiger charge is 2.18. The first-order chi connectivity index (χ1) is 12.0. The number of aromatic nitrogens is 3. The molecule has 3 heterocycles. The van der Waals surface area contributed by atoms with Crippen molar-refractivity contribution in [2.45, 2.75) is 12.6 Å². The van der Waals surface area contributed by atoms with Crippen LogP contribution in [0.15, 0.2) is 29.2 Å². The van der Waals surface area contributed by atoms with Gasteiger partial charge in [-0.15, -0.1) is 5.10 Å². The van der Waals surface area contributed by atoms with E-state index in [0.29, 0.717) is 31.8 Å². The average molecular weight is 348 g/mol. The zero-order valence-corrected chi connectivity index (χ0v) is 15.1. The van der Waals surface area contributed by atoms with Crippen molar-refractivity contribution in [2.24, 2.45) is 0 Å². The van der Waals surface area contributed by atoms with E-state index in [9.17, 15) is 9.90 Å². The minimum absolute atomic E-state index is 0.123. The minimum atomic E-state index is -0.383. The number of nitrogens with zero attached hydrogens (tertiary/aromatic N) is 6. The number of aliphatic hydroxyl groups is 1. The molecule has 1 N–H and O–H groups in total. The first-order valence-corrected chi connectivity index (χ1v) is 8.84. The van der Waals surface area contributed by atoms with Gasteiger partial charge in [-0.2, -0.15) is 0 Å². The molecule has 8 nitrogen and oxygen atoms in total. The van der Waals surface area contributed by atoms with Crippen molar-refractivity contribution in [2.75, 3.05) is 59.9 Å². The molecule has 0 aliphatic carbocycles. The van der Waals surface area contributed by atoms with Crippen LogP contribution in [0.1, 0.15) is 0 Å². The number of hydrogen-bond acceptors (Lipinski definition) is 6. The Labute approximate surface area is 147 Å². The van der Waals surface area contributed by atoms with Gasteiger partial charge in [0.1, 0.15) is 0 Å². The number of rotatable bonds is 7. The topological polar surface area (TPSA) is 69.2 Å². The maximum atomic E-state index is 12.2. The van der Waals surface area contributed by atoms with Crippen LogP contribution in [0.5, 0.6) is 0 Å². The second-order valence-electron chi connectivity index (χ2n) is 6.95. The number of pyridine rings is 1. The van der Waals surface area contributed by atoms with E-state index in [4.69, 9.17) is 0 Å². The standard InChI is InChI=1S/C17H28N6O2/c1-19-7-10-21(11-8-19)14-15(24)13-20(2)9-12-23-17(25)22-6-4-3-5-16(22)18-23/h3-6,15,24H,7-14H2,1-2H3. The lowest BCUT2D eigenvalue weighted by molar-refractivity contribution is 0.0599. The average Bonchev–Trinajstić information content (AvgIpc) is 2.91. The molecular formula is C17H28N6O2. The highest BCUT2D eigenvalue weighted by molar-refractivity contribution is 5.35. The van der Waals surface area contributed by atoms with Gasteiger partial charge in [0.25, 0.3) is 0 Å². The van der Waals surface area contributed by atoms with E-state index < -0.39 is 0 Å². The molecule has 2 aromatic heterocycles. The van der Waals surface area contributed by atoms with Crippen molar-refractivity contribution in [3.63, 3.8) is 0 Å². The highest BCUT2D eigenvalue weighted by atomic mass is 16.3. The van der Waals surface area contributed by atoms with Crippen molar-refractivity contribution in [1.29, 1.82) is 0 Å². The third-order valence-corrected chi connectivity index (χ3v) is 4.77. The minimum Gasteiger partial charge on any atom is -0.390 e. The molecule has 1 fully saturated rings. The lowest BCUT2D eigenvalue weighted by Crippen LogP contribution is -2.48. The number of aliphatic hydroxyl groups excluding tert-OH is 1. The van der Waals surface area contributed by atoms with Crippen LogP contribution in [0.25, 0.3) is 5.65 Å². The fourth-order valence-electron chi connectivity index (χ4n) is 3.22. The summed E-state index contributed by atoms with van der Waals surface area (Å²) in [5.74, 6) is 0. The highest BCUT2D eigenvalue weighted by Crippen LogP contribution is 2.02. The largest absolute Gasteiger partial charge is 0.390 e. The molecule has 0 bridgehead atoms. The summed E-state index contributed by atoms with van der Waals surface area (Å²) in [6.45, 7) is 6.60. The van der Waals surface area contributed by atoms with E-state index in [0.717, 1.165) is 26.2 Å². The van der Waals surface area contributed by atoms with Gasteiger partial charge in [0, 0.05) is 52.0 Å². The molecule has 1 aliphatic heterocycles. The molecule has 0 saturated carbocycles. The molecule has 25 heavy (non-hydrogen) atoms. The van der Waals surface area contributed by atoms with E-state index in [1.54, 1.807) is 10.6 Å². The van der Waals surface area contributed by atoms with Crippen molar-refractivity contribution >= 4 is 5.65 Å². The fraction of sp³-hybridized carbons (Fsp3) is 0.647. The van der Waals surface area contributed by atoms with Crippen LogP contribution >= 0.6 is 0 Å². The summed E-state index contributed by atoms with van der Waals surface area (Å²) in [7, 11) is 4.09. The van der Waals surface area contributed by atoms with Crippen LogP contribution in [-0.4, -0.2) is 100 Å². The Bertz CT molecular complexity index is 734. The summed E-state index contributed by atoms with van der Waals surface area (Å²) < 4.78 is 3.03. The van der Waals surface area contributed by atoms with Gasteiger partial charge in [0.05, 0.1) is 12.6 Å². The Morgan fingerprint density at radius 1 is 1.28 bits per heavy atom. The van der Waals surface area contributed by atoms with Crippen LogP contribution in [0.3, 0.4) is 0 Å². The number of β-amino-alcohol motifs (C(OH)–C–C–N with tert-alkyl or cyclic N) is 1. The number of likely N-dealkylation sites (N-methyl/N-ethyl adjacent to an activating group) is 2. The molecule has 1 unspecified atom stereocenters. The number of fused-ring (bicyclic) bond motifs is 1. The van der Waals surface area contributed by atoms with Gasteiger partial charge in [0.15, 0.2) is 5.65 Å². The lowest BCUT2D eigenvalue weighted by Gasteiger charge is -2.34. The van der Waals surface area contributed by atoms with E-state index in [-0.39, 0.29) is 11.8 Å². The molecule has 138 valence electrons. The second-order valence-corrected chi connectivity index (χ2v) is 6.95. The number of hydrogen-bond donors (Lipinski definition) is 1. The SMILES string of the molecule is CN1CCN(CC(O)CN(C)CCn2nc3ccccn3c2=O)CC1. The van der Waals surface area contributed by atoms with Gasteiger partial charge in [-0.05, 0) is 26.2 Å². The molecule has 0 amide bonds. The summed E-state index contributed by atoms with van der Waals surface area (Å²) in [5, 5.41) is 14.6. The molecule has 2 aromatic rings. The fourth-order valence-corrected chi connectivity index (χ4v) is 3.22. The monoisotopic (exact) mass is 348 g/mol. The Hall–Kier alpha value is -1.74. The van der Waals surface area contributed by atoms with Gasteiger partial charge in [-0.25, -0.2) is 9.48 Å². The van der Waals surface area contributed by atoms with Gasteiger partial charge >= 0.3 is 5.69 Å². The van der Waals surface area contributed by atoms with E-state index in [1.807, 2.05) is 25.2 Å². The maximum absolute atomic E-state index is 12.2.